The number of piperazine rings is 1. The van der Waals surface area contributed by atoms with Crippen LogP contribution in [0.15, 0.2) is 60.7 Å². The number of anilines is 3. The zero-order valence-corrected chi connectivity index (χ0v) is 33.6. The van der Waals surface area contributed by atoms with Crippen LogP contribution in [0.3, 0.4) is 0 Å². The minimum atomic E-state index is -0.868. The molecule has 5 aliphatic rings. The molecule has 2 N–H and O–H groups in total. The van der Waals surface area contributed by atoms with Crippen LogP contribution in [-0.4, -0.2) is 110 Å². The summed E-state index contributed by atoms with van der Waals surface area (Å²) in [4.78, 5) is 61.2. The smallest absolute Gasteiger partial charge is 0.254 e. The second-order valence-corrected chi connectivity index (χ2v) is 17.1. The van der Waals surface area contributed by atoms with Crippen molar-refractivity contribution in [2.24, 2.45) is 5.41 Å². The molecule has 14 heteroatoms. The quantitative estimate of drug-likeness (QED) is 0.310. The fourth-order valence-electron chi connectivity index (χ4n) is 9.77. The molecule has 5 fully saturated rings. The average molecular weight is 809 g/mol. The molecule has 0 radical (unpaired) electrons. The van der Waals surface area contributed by atoms with Gasteiger partial charge in [0.15, 0.2) is 0 Å². The average Bonchev–Trinajstić information content (AvgIpc) is 3.56. The zero-order chi connectivity index (χ0) is 40.6. The summed E-state index contributed by atoms with van der Waals surface area (Å²) in [5.41, 5.74) is 4.27. The molecule has 4 amide bonds. The first-order chi connectivity index (χ1) is 28.0. The standard InChI is InChI=1S/C44H50ClFN8O4/c1-29-26-44(28-54(29)35-7-4-31(27-47)37(45)24-35)14-18-50(19-15-44)32-5-2-30(3-6-32)43(58)53-16-12-33(13-17-53)51-20-22-52(23-21-51)34-8-9-36(38(46)25-34)41(56)48-39-10-11-40(55)49-42(39)57/h2-9,24-25,29,33,39H,10-23,26,28H2,1H3,(H,48,56)(H,49,55,57). The lowest BCUT2D eigenvalue weighted by molar-refractivity contribution is -0.134. The van der Waals surface area contributed by atoms with E-state index >= 15 is 4.39 Å². The predicted molar refractivity (Wildman–Crippen MR) is 221 cm³/mol. The van der Waals surface area contributed by atoms with E-state index in [9.17, 15) is 24.4 Å². The van der Waals surface area contributed by atoms with Crippen molar-refractivity contribution in [3.8, 4) is 6.07 Å². The molecule has 304 valence electrons. The first kappa shape index (κ1) is 39.6. The molecule has 5 heterocycles. The van der Waals surface area contributed by atoms with E-state index in [1.165, 1.54) is 12.1 Å². The molecule has 3 aromatic carbocycles. The molecule has 12 nitrogen and oxygen atoms in total. The van der Waals surface area contributed by atoms with Gasteiger partial charge in [0.2, 0.25) is 11.8 Å². The summed E-state index contributed by atoms with van der Waals surface area (Å²) in [6.07, 6.45) is 5.45. The number of carbonyl (C=O) groups is 4. The van der Waals surface area contributed by atoms with E-state index in [2.05, 4.69) is 55.4 Å². The third kappa shape index (κ3) is 8.22. The van der Waals surface area contributed by atoms with E-state index in [0.717, 1.165) is 94.9 Å². The van der Waals surface area contributed by atoms with Gasteiger partial charge < -0.3 is 24.9 Å². The van der Waals surface area contributed by atoms with E-state index in [0.29, 0.717) is 41.4 Å². The number of nitrogens with zero attached hydrogens (tertiary/aromatic N) is 6. The van der Waals surface area contributed by atoms with Crippen molar-refractivity contribution in [1.29, 1.82) is 5.26 Å². The van der Waals surface area contributed by atoms with Gasteiger partial charge in [-0.3, -0.25) is 29.4 Å². The van der Waals surface area contributed by atoms with Crippen LogP contribution >= 0.6 is 11.6 Å². The van der Waals surface area contributed by atoms with Crippen molar-refractivity contribution in [2.75, 3.05) is 73.6 Å². The SMILES string of the molecule is CC1CC2(CCN(c3ccc(C(=O)N4CCC(N5CCN(c6ccc(C(=O)NC7CCC(=O)NC7=O)c(F)c6)CC5)CC4)cc3)CC2)CN1c1ccc(C#N)c(Cl)c1. The molecular weight excluding hydrogens is 759 g/mol. The highest BCUT2D eigenvalue weighted by atomic mass is 35.5. The van der Waals surface area contributed by atoms with Crippen LogP contribution in [0.2, 0.25) is 5.02 Å². The van der Waals surface area contributed by atoms with Crippen molar-refractivity contribution in [2.45, 2.75) is 70.0 Å². The fraction of sp³-hybridized carbons (Fsp3) is 0.477. The first-order valence-electron chi connectivity index (χ1n) is 20.5. The Hall–Kier alpha value is -5.19. The summed E-state index contributed by atoms with van der Waals surface area (Å²) in [6.45, 7) is 9.70. The molecule has 1 spiro atoms. The minimum Gasteiger partial charge on any atom is -0.371 e. The summed E-state index contributed by atoms with van der Waals surface area (Å²) in [5, 5.41) is 14.5. The van der Waals surface area contributed by atoms with Gasteiger partial charge in [0.1, 0.15) is 17.9 Å². The number of imide groups is 1. The third-order valence-electron chi connectivity index (χ3n) is 13.2. The molecule has 3 aromatic rings. The normalized spacial score (nSPS) is 22.9. The van der Waals surface area contributed by atoms with Gasteiger partial charge in [0.25, 0.3) is 11.8 Å². The Morgan fingerprint density at radius 3 is 2.19 bits per heavy atom. The maximum atomic E-state index is 15.1. The Morgan fingerprint density at radius 2 is 1.53 bits per heavy atom. The summed E-state index contributed by atoms with van der Waals surface area (Å²) < 4.78 is 15.1. The van der Waals surface area contributed by atoms with Crippen LogP contribution in [0.5, 0.6) is 0 Å². The number of benzene rings is 3. The highest BCUT2D eigenvalue weighted by molar-refractivity contribution is 6.32. The van der Waals surface area contributed by atoms with E-state index in [-0.39, 0.29) is 35.6 Å². The Labute approximate surface area is 343 Å². The summed E-state index contributed by atoms with van der Waals surface area (Å²) in [7, 11) is 0. The lowest BCUT2D eigenvalue weighted by Gasteiger charge is -2.43. The van der Waals surface area contributed by atoms with Crippen LogP contribution in [0, 0.1) is 22.6 Å². The molecule has 0 aromatic heterocycles. The van der Waals surface area contributed by atoms with Crippen LogP contribution in [0.4, 0.5) is 21.5 Å². The second-order valence-electron chi connectivity index (χ2n) is 16.7. The van der Waals surface area contributed by atoms with E-state index in [4.69, 9.17) is 11.6 Å². The lowest BCUT2D eigenvalue weighted by atomic mass is 9.76. The maximum Gasteiger partial charge on any atom is 0.254 e. The van der Waals surface area contributed by atoms with Crippen molar-refractivity contribution >= 4 is 52.3 Å². The Morgan fingerprint density at radius 1 is 0.862 bits per heavy atom. The molecule has 8 rings (SSSR count). The molecule has 0 saturated carbocycles. The van der Waals surface area contributed by atoms with Gasteiger partial charge in [-0.25, -0.2) is 4.39 Å². The number of hydrogen-bond acceptors (Lipinski definition) is 9. The van der Waals surface area contributed by atoms with E-state index < -0.39 is 23.7 Å². The van der Waals surface area contributed by atoms with Crippen LogP contribution in [0.25, 0.3) is 0 Å². The van der Waals surface area contributed by atoms with Gasteiger partial charge in [-0.15, -0.1) is 0 Å². The number of hydrogen-bond donors (Lipinski definition) is 2. The van der Waals surface area contributed by atoms with E-state index in [1.807, 2.05) is 35.2 Å². The van der Waals surface area contributed by atoms with Crippen molar-refractivity contribution in [1.82, 2.24) is 20.4 Å². The molecule has 0 bridgehead atoms. The van der Waals surface area contributed by atoms with Gasteiger partial charge >= 0.3 is 0 Å². The summed E-state index contributed by atoms with van der Waals surface area (Å²) in [5.74, 6) is -2.22. The van der Waals surface area contributed by atoms with E-state index in [1.54, 1.807) is 6.07 Å². The topological polar surface area (TPSA) is 132 Å². The fourth-order valence-corrected chi connectivity index (χ4v) is 9.99. The Kier molecular flexibility index (Phi) is 11.3. The Balaban J connectivity index is 0.775. The lowest BCUT2D eigenvalue weighted by Crippen LogP contribution is -2.53. The first-order valence-corrected chi connectivity index (χ1v) is 20.9. The monoisotopic (exact) mass is 808 g/mol. The highest BCUT2D eigenvalue weighted by Crippen LogP contribution is 2.46. The van der Waals surface area contributed by atoms with Crippen molar-refractivity contribution in [3.05, 3.63) is 88.2 Å². The number of nitriles is 1. The van der Waals surface area contributed by atoms with Crippen LogP contribution < -0.4 is 25.3 Å². The number of carbonyl (C=O) groups excluding carboxylic acids is 4. The van der Waals surface area contributed by atoms with Crippen LogP contribution in [0.1, 0.15) is 78.1 Å². The number of piperidine rings is 3. The van der Waals surface area contributed by atoms with Gasteiger partial charge in [-0.05, 0) is 112 Å². The second kappa shape index (κ2) is 16.6. The van der Waals surface area contributed by atoms with Gasteiger partial charge in [0, 0.05) is 100 Å². The molecule has 2 atom stereocenters. The number of amides is 4. The molecule has 2 unspecified atom stereocenters. The van der Waals surface area contributed by atoms with Crippen LogP contribution in [-0.2, 0) is 9.59 Å². The zero-order valence-electron chi connectivity index (χ0n) is 32.9. The Bertz CT molecular complexity index is 2100. The highest BCUT2D eigenvalue weighted by Gasteiger charge is 2.44. The summed E-state index contributed by atoms with van der Waals surface area (Å²) in [6, 6.07) is 20.5. The predicted octanol–water partition coefficient (Wildman–Crippen LogP) is 5.20. The van der Waals surface area contributed by atoms with Gasteiger partial charge in [0.05, 0.1) is 16.1 Å². The summed E-state index contributed by atoms with van der Waals surface area (Å²) >= 11 is 6.37. The van der Waals surface area contributed by atoms with Crippen molar-refractivity contribution < 1.29 is 23.6 Å². The molecule has 0 aliphatic carbocycles. The number of nitrogens with one attached hydrogen (secondary N) is 2. The minimum absolute atomic E-state index is 0.0756. The maximum absolute atomic E-state index is 15.1. The van der Waals surface area contributed by atoms with Crippen molar-refractivity contribution in [3.63, 3.8) is 0 Å². The molecule has 5 aliphatic heterocycles. The number of rotatable bonds is 7. The third-order valence-corrected chi connectivity index (χ3v) is 13.5. The van der Waals surface area contributed by atoms with Gasteiger partial charge in [-0.2, -0.15) is 5.26 Å². The largest absolute Gasteiger partial charge is 0.371 e. The van der Waals surface area contributed by atoms with Gasteiger partial charge in [-0.1, -0.05) is 11.6 Å². The molecule has 5 saturated heterocycles. The number of likely N-dealkylation sites (tertiary alicyclic amines) is 1. The number of halogens is 2. The molecule has 58 heavy (non-hydrogen) atoms. The molecular formula is C44H50ClFN8O4.